The molecule has 0 saturated carbocycles. The molecule has 6 nitrogen and oxygen atoms in total. The molecule has 1 fully saturated rings. The Morgan fingerprint density at radius 2 is 2.06 bits per heavy atom. The van der Waals surface area contributed by atoms with Crippen molar-refractivity contribution in [2.24, 2.45) is 0 Å². The summed E-state index contributed by atoms with van der Waals surface area (Å²) >= 11 is 0. The van der Waals surface area contributed by atoms with Crippen LogP contribution >= 0.6 is 0 Å². The molecule has 1 saturated heterocycles. The van der Waals surface area contributed by atoms with Crippen molar-refractivity contribution in [2.75, 3.05) is 13.1 Å². The van der Waals surface area contributed by atoms with Gasteiger partial charge >= 0.3 is 12.0 Å². The van der Waals surface area contributed by atoms with Gasteiger partial charge in [0.05, 0.1) is 5.60 Å². The smallest absolute Gasteiger partial charge is 0.326 e. The number of urea groups is 1. The van der Waals surface area contributed by atoms with Gasteiger partial charge in [-0.3, -0.25) is 0 Å². The van der Waals surface area contributed by atoms with E-state index in [4.69, 9.17) is 5.11 Å². The number of aliphatic hydroxyl groups is 1. The topological polar surface area (TPSA) is 89.9 Å². The molecular formula is C12H22N2O4. The monoisotopic (exact) mass is 258 g/mol. The molecule has 18 heavy (non-hydrogen) atoms. The van der Waals surface area contributed by atoms with Gasteiger partial charge in [0, 0.05) is 13.1 Å². The number of carbonyl (C=O) groups is 2. The SMILES string of the molecule is CCC(NC(=O)N1CCCC(C)(O)CC1)C(=O)O. The van der Waals surface area contributed by atoms with Crippen LogP contribution in [0.1, 0.15) is 39.5 Å². The number of amides is 2. The molecule has 104 valence electrons. The first-order valence-corrected chi connectivity index (χ1v) is 6.36. The minimum absolute atomic E-state index is 0.354. The fourth-order valence-electron chi connectivity index (χ4n) is 2.05. The Balaban J connectivity index is 2.54. The standard InChI is InChI=1S/C12H22N2O4/c1-3-9(10(15)16)13-11(17)14-7-4-5-12(2,18)6-8-14/h9,18H,3-8H2,1-2H3,(H,13,17)(H,15,16). The second-order valence-corrected chi connectivity index (χ2v) is 5.09. The highest BCUT2D eigenvalue weighted by Gasteiger charge is 2.28. The maximum absolute atomic E-state index is 11.9. The van der Waals surface area contributed by atoms with Crippen LogP contribution < -0.4 is 5.32 Å². The highest BCUT2D eigenvalue weighted by Crippen LogP contribution is 2.21. The van der Waals surface area contributed by atoms with Crippen LogP contribution in [0.4, 0.5) is 4.79 Å². The zero-order valence-corrected chi connectivity index (χ0v) is 11.0. The van der Waals surface area contributed by atoms with Crippen molar-refractivity contribution >= 4 is 12.0 Å². The van der Waals surface area contributed by atoms with Crippen LogP contribution in [0.2, 0.25) is 0 Å². The Hall–Kier alpha value is -1.30. The number of aliphatic carboxylic acids is 1. The maximum Gasteiger partial charge on any atom is 0.326 e. The average Bonchev–Trinajstić information content (AvgIpc) is 2.46. The van der Waals surface area contributed by atoms with Gasteiger partial charge in [0.25, 0.3) is 0 Å². The summed E-state index contributed by atoms with van der Waals surface area (Å²) in [7, 11) is 0. The Kier molecular flexibility index (Phi) is 4.95. The maximum atomic E-state index is 11.9. The summed E-state index contributed by atoms with van der Waals surface area (Å²) in [4.78, 5) is 24.3. The third-order valence-electron chi connectivity index (χ3n) is 3.35. The molecule has 1 aliphatic heterocycles. The molecule has 0 aromatic heterocycles. The van der Waals surface area contributed by atoms with Crippen LogP contribution in [0.15, 0.2) is 0 Å². The lowest BCUT2D eigenvalue weighted by Gasteiger charge is -2.24. The molecule has 1 aliphatic rings. The third kappa shape index (κ3) is 4.18. The number of carbonyl (C=O) groups excluding carboxylic acids is 1. The number of carboxylic acid groups (broad SMARTS) is 1. The Morgan fingerprint density at radius 1 is 1.39 bits per heavy atom. The normalized spacial score (nSPS) is 26.3. The summed E-state index contributed by atoms with van der Waals surface area (Å²) in [6, 6.07) is -1.21. The molecule has 0 aromatic rings. The summed E-state index contributed by atoms with van der Waals surface area (Å²) in [5, 5.41) is 21.3. The molecular weight excluding hydrogens is 236 g/mol. The van der Waals surface area contributed by atoms with Crippen LogP contribution in [-0.2, 0) is 4.79 Å². The van der Waals surface area contributed by atoms with Gasteiger partial charge in [0.1, 0.15) is 6.04 Å². The van der Waals surface area contributed by atoms with Crippen molar-refractivity contribution in [3.63, 3.8) is 0 Å². The first kappa shape index (κ1) is 14.8. The predicted octanol–water partition coefficient (Wildman–Crippen LogP) is 0.796. The van der Waals surface area contributed by atoms with E-state index < -0.39 is 17.6 Å². The number of nitrogens with zero attached hydrogens (tertiary/aromatic N) is 1. The molecule has 6 heteroatoms. The third-order valence-corrected chi connectivity index (χ3v) is 3.35. The summed E-state index contributed by atoms with van der Waals surface area (Å²) in [6.07, 6.45) is 2.26. The molecule has 2 amide bonds. The minimum atomic E-state index is -1.02. The zero-order chi connectivity index (χ0) is 13.8. The predicted molar refractivity (Wildman–Crippen MR) is 66.3 cm³/mol. The molecule has 2 atom stereocenters. The van der Waals surface area contributed by atoms with Crippen LogP contribution in [0.25, 0.3) is 0 Å². The van der Waals surface area contributed by atoms with E-state index in [0.29, 0.717) is 32.4 Å². The van der Waals surface area contributed by atoms with Crippen LogP contribution in [0.3, 0.4) is 0 Å². The van der Waals surface area contributed by atoms with E-state index in [2.05, 4.69) is 5.32 Å². The number of hydrogen-bond donors (Lipinski definition) is 3. The zero-order valence-electron chi connectivity index (χ0n) is 11.0. The van der Waals surface area contributed by atoms with E-state index in [1.54, 1.807) is 18.7 Å². The summed E-state index contributed by atoms with van der Waals surface area (Å²) in [6.45, 7) is 4.49. The second-order valence-electron chi connectivity index (χ2n) is 5.09. The quantitative estimate of drug-likeness (QED) is 0.698. The van der Waals surface area contributed by atoms with Crippen molar-refractivity contribution in [2.45, 2.75) is 51.2 Å². The number of likely N-dealkylation sites (tertiary alicyclic amines) is 1. The number of hydrogen-bond acceptors (Lipinski definition) is 3. The highest BCUT2D eigenvalue weighted by atomic mass is 16.4. The highest BCUT2D eigenvalue weighted by molar-refractivity contribution is 5.82. The van der Waals surface area contributed by atoms with Gasteiger partial charge < -0.3 is 20.4 Å². The molecule has 3 N–H and O–H groups in total. The van der Waals surface area contributed by atoms with Gasteiger partial charge in [-0.15, -0.1) is 0 Å². The number of nitrogens with one attached hydrogen (secondary N) is 1. The fourth-order valence-corrected chi connectivity index (χ4v) is 2.05. The van der Waals surface area contributed by atoms with Gasteiger partial charge in [-0.05, 0) is 32.6 Å². The van der Waals surface area contributed by atoms with Crippen LogP contribution in [0.5, 0.6) is 0 Å². The lowest BCUT2D eigenvalue weighted by Crippen LogP contribution is -2.48. The van der Waals surface area contributed by atoms with Gasteiger partial charge in [-0.25, -0.2) is 9.59 Å². The van der Waals surface area contributed by atoms with E-state index in [0.717, 1.165) is 6.42 Å². The van der Waals surface area contributed by atoms with E-state index in [1.807, 2.05) is 0 Å². The molecule has 0 spiro atoms. The van der Waals surface area contributed by atoms with Crippen LogP contribution in [-0.4, -0.2) is 51.8 Å². The Morgan fingerprint density at radius 3 is 2.61 bits per heavy atom. The number of carboxylic acids is 1. The molecule has 0 aliphatic carbocycles. The van der Waals surface area contributed by atoms with Gasteiger partial charge in [-0.2, -0.15) is 0 Å². The Bertz CT molecular complexity index is 317. The van der Waals surface area contributed by atoms with Gasteiger partial charge in [-0.1, -0.05) is 6.92 Å². The first-order valence-electron chi connectivity index (χ1n) is 6.36. The van der Waals surface area contributed by atoms with Crippen molar-refractivity contribution < 1.29 is 19.8 Å². The van der Waals surface area contributed by atoms with E-state index in [1.165, 1.54) is 0 Å². The largest absolute Gasteiger partial charge is 0.480 e. The molecule has 0 bridgehead atoms. The molecule has 1 heterocycles. The van der Waals surface area contributed by atoms with Crippen molar-refractivity contribution in [3.05, 3.63) is 0 Å². The lowest BCUT2D eigenvalue weighted by molar-refractivity contribution is -0.139. The van der Waals surface area contributed by atoms with Crippen LogP contribution in [0, 0.1) is 0 Å². The van der Waals surface area contributed by atoms with E-state index >= 15 is 0 Å². The lowest BCUT2D eigenvalue weighted by atomic mass is 9.98. The summed E-state index contributed by atoms with van der Waals surface area (Å²) in [5.41, 5.74) is -0.730. The molecule has 0 aromatic carbocycles. The first-order chi connectivity index (χ1) is 8.35. The van der Waals surface area contributed by atoms with E-state index in [-0.39, 0.29) is 6.03 Å². The van der Waals surface area contributed by atoms with Crippen molar-refractivity contribution in [1.82, 2.24) is 10.2 Å². The van der Waals surface area contributed by atoms with Gasteiger partial charge in [0.2, 0.25) is 0 Å². The average molecular weight is 258 g/mol. The minimum Gasteiger partial charge on any atom is -0.480 e. The number of rotatable bonds is 3. The summed E-state index contributed by atoms with van der Waals surface area (Å²) in [5.74, 6) is -1.02. The molecule has 0 radical (unpaired) electrons. The van der Waals surface area contributed by atoms with Crippen molar-refractivity contribution in [1.29, 1.82) is 0 Å². The fraction of sp³-hybridized carbons (Fsp3) is 0.833. The Labute approximate surface area is 107 Å². The molecule has 2 unspecified atom stereocenters. The molecule has 1 rings (SSSR count). The van der Waals surface area contributed by atoms with Gasteiger partial charge in [0.15, 0.2) is 0 Å². The second kappa shape index (κ2) is 6.04. The van der Waals surface area contributed by atoms with E-state index in [9.17, 15) is 14.7 Å². The van der Waals surface area contributed by atoms with Crippen molar-refractivity contribution in [3.8, 4) is 0 Å². The summed E-state index contributed by atoms with van der Waals surface area (Å²) < 4.78 is 0.